The molecule has 2 aromatic rings. The SMILES string of the molecule is CCS(=O)(=O)N(C)CC(=O)Nc1ccc(Oc2ccccc2)cc1. The number of para-hydroxylation sites is 1. The van der Waals surface area contributed by atoms with E-state index >= 15 is 0 Å². The number of ether oxygens (including phenoxy) is 1. The van der Waals surface area contributed by atoms with Crippen LogP contribution in [0.1, 0.15) is 6.92 Å². The average molecular weight is 348 g/mol. The zero-order valence-corrected chi connectivity index (χ0v) is 14.4. The number of hydrogen-bond acceptors (Lipinski definition) is 4. The molecule has 0 atom stereocenters. The van der Waals surface area contributed by atoms with Crippen LogP contribution in [0.25, 0.3) is 0 Å². The van der Waals surface area contributed by atoms with Crippen LogP contribution < -0.4 is 10.1 Å². The molecule has 2 aromatic carbocycles. The van der Waals surface area contributed by atoms with Gasteiger partial charge in [0.1, 0.15) is 11.5 Å². The van der Waals surface area contributed by atoms with E-state index in [9.17, 15) is 13.2 Å². The monoisotopic (exact) mass is 348 g/mol. The Balaban J connectivity index is 1.93. The predicted octanol–water partition coefficient (Wildman–Crippen LogP) is 2.70. The van der Waals surface area contributed by atoms with E-state index in [1.54, 1.807) is 24.3 Å². The van der Waals surface area contributed by atoms with Gasteiger partial charge in [0.15, 0.2) is 0 Å². The topological polar surface area (TPSA) is 75.7 Å². The molecular formula is C17H20N2O4S. The second-order valence-corrected chi connectivity index (χ2v) is 7.51. The number of amides is 1. The summed E-state index contributed by atoms with van der Waals surface area (Å²) in [5.41, 5.74) is 0.572. The van der Waals surface area contributed by atoms with E-state index in [1.165, 1.54) is 14.0 Å². The second-order valence-electron chi connectivity index (χ2n) is 5.14. The molecule has 0 unspecified atom stereocenters. The van der Waals surface area contributed by atoms with Crippen molar-refractivity contribution in [2.75, 3.05) is 24.7 Å². The minimum Gasteiger partial charge on any atom is -0.457 e. The molecule has 0 aromatic heterocycles. The fraction of sp³-hybridized carbons (Fsp3) is 0.235. The summed E-state index contributed by atoms with van der Waals surface area (Å²) >= 11 is 0. The van der Waals surface area contributed by atoms with Crippen molar-refractivity contribution in [3.8, 4) is 11.5 Å². The van der Waals surface area contributed by atoms with Crippen LogP contribution in [0.2, 0.25) is 0 Å². The van der Waals surface area contributed by atoms with Crippen molar-refractivity contribution in [3.05, 3.63) is 54.6 Å². The molecule has 1 amide bonds. The third kappa shape index (κ3) is 5.07. The van der Waals surface area contributed by atoms with Crippen molar-refractivity contribution in [2.45, 2.75) is 6.92 Å². The molecule has 2 rings (SSSR count). The molecule has 0 fully saturated rings. The molecule has 7 heteroatoms. The molecule has 24 heavy (non-hydrogen) atoms. The first-order valence-electron chi connectivity index (χ1n) is 7.47. The molecule has 0 aliphatic rings. The first kappa shape index (κ1) is 18.0. The van der Waals surface area contributed by atoms with Crippen LogP contribution in [0.15, 0.2) is 54.6 Å². The Bertz CT molecular complexity index is 774. The molecule has 1 N–H and O–H groups in total. The van der Waals surface area contributed by atoms with Crippen LogP contribution in [-0.4, -0.2) is 38.0 Å². The van der Waals surface area contributed by atoms with Gasteiger partial charge in [0.05, 0.1) is 12.3 Å². The van der Waals surface area contributed by atoms with Gasteiger partial charge in [0.2, 0.25) is 15.9 Å². The van der Waals surface area contributed by atoms with Gasteiger partial charge in [-0.05, 0) is 43.3 Å². The first-order chi connectivity index (χ1) is 11.4. The number of carbonyl (C=O) groups excluding carboxylic acids is 1. The molecule has 6 nitrogen and oxygen atoms in total. The van der Waals surface area contributed by atoms with Crippen molar-refractivity contribution in [1.82, 2.24) is 4.31 Å². The molecule has 0 aliphatic carbocycles. The highest BCUT2D eigenvalue weighted by Gasteiger charge is 2.18. The summed E-state index contributed by atoms with van der Waals surface area (Å²) < 4.78 is 30.0. The van der Waals surface area contributed by atoms with Crippen LogP contribution >= 0.6 is 0 Å². The number of carbonyl (C=O) groups is 1. The average Bonchev–Trinajstić information content (AvgIpc) is 2.57. The minimum absolute atomic E-state index is 0.0394. The van der Waals surface area contributed by atoms with E-state index in [0.29, 0.717) is 11.4 Å². The quantitative estimate of drug-likeness (QED) is 0.835. The molecule has 0 spiro atoms. The largest absolute Gasteiger partial charge is 0.457 e. The number of rotatable bonds is 7. The van der Waals surface area contributed by atoms with Crippen LogP contribution in [0.4, 0.5) is 5.69 Å². The van der Waals surface area contributed by atoms with Crippen molar-refractivity contribution in [3.63, 3.8) is 0 Å². The molecule has 0 bridgehead atoms. The summed E-state index contributed by atoms with van der Waals surface area (Å²) in [6, 6.07) is 16.2. The van der Waals surface area contributed by atoms with Gasteiger partial charge in [0.25, 0.3) is 0 Å². The lowest BCUT2D eigenvalue weighted by atomic mass is 10.3. The van der Waals surface area contributed by atoms with E-state index in [0.717, 1.165) is 10.1 Å². The fourth-order valence-corrected chi connectivity index (χ4v) is 2.71. The Labute approximate surface area is 142 Å². The first-order valence-corrected chi connectivity index (χ1v) is 9.08. The highest BCUT2D eigenvalue weighted by atomic mass is 32.2. The van der Waals surface area contributed by atoms with Gasteiger partial charge < -0.3 is 10.1 Å². The number of nitrogens with zero attached hydrogens (tertiary/aromatic N) is 1. The van der Waals surface area contributed by atoms with Gasteiger partial charge in [-0.25, -0.2) is 8.42 Å². The summed E-state index contributed by atoms with van der Waals surface area (Å²) in [6.45, 7) is 1.31. The summed E-state index contributed by atoms with van der Waals surface area (Å²) in [5, 5.41) is 2.66. The number of benzene rings is 2. The Morgan fingerprint density at radius 3 is 2.21 bits per heavy atom. The van der Waals surface area contributed by atoms with Gasteiger partial charge in [-0.3, -0.25) is 4.79 Å². The van der Waals surface area contributed by atoms with Gasteiger partial charge in [0, 0.05) is 12.7 Å². The van der Waals surface area contributed by atoms with Crippen molar-refractivity contribution in [1.29, 1.82) is 0 Å². The number of hydrogen-bond donors (Lipinski definition) is 1. The molecule has 0 saturated heterocycles. The Morgan fingerprint density at radius 2 is 1.62 bits per heavy atom. The summed E-state index contributed by atoms with van der Waals surface area (Å²) in [6.07, 6.45) is 0. The van der Waals surface area contributed by atoms with Crippen molar-refractivity contribution in [2.24, 2.45) is 0 Å². The third-order valence-electron chi connectivity index (χ3n) is 3.32. The van der Waals surface area contributed by atoms with Gasteiger partial charge >= 0.3 is 0 Å². The van der Waals surface area contributed by atoms with E-state index < -0.39 is 15.9 Å². The van der Waals surface area contributed by atoms with E-state index in [4.69, 9.17) is 4.74 Å². The van der Waals surface area contributed by atoms with Crippen LogP contribution in [0.5, 0.6) is 11.5 Å². The minimum atomic E-state index is -3.37. The van der Waals surface area contributed by atoms with Crippen LogP contribution in [0, 0.1) is 0 Å². The normalized spacial score (nSPS) is 11.3. The predicted molar refractivity (Wildman–Crippen MR) is 93.7 cm³/mol. The maximum Gasteiger partial charge on any atom is 0.239 e. The maximum atomic E-state index is 11.9. The zero-order chi connectivity index (χ0) is 17.6. The molecule has 0 saturated carbocycles. The second kappa shape index (κ2) is 7.94. The lowest BCUT2D eigenvalue weighted by molar-refractivity contribution is -0.116. The molecule has 0 aliphatic heterocycles. The lowest BCUT2D eigenvalue weighted by Gasteiger charge is -2.15. The van der Waals surface area contributed by atoms with Crippen molar-refractivity contribution >= 4 is 21.6 Å². The molecule has 0 radical (unpaired) electrons. The standard InChI is InChI=1S/C17H20N2O4S/c1-3-24(21,22)19(2)13-17(20)18-14-9-11-16(12-10-14)23-15-7-5-4-6-8-15/h4-12H,3,13H2,1-2H3,(H,18,20). The van der Waals surface area contributed by atoms with Crippen LogP contribution in [-0.2, 0) is 14.8 Å². The smallest absolute Gasteiger partial charge is 0.239 e. The Kier molecular flexibility index (Phi) is 5.94. The number of anilines is 1. The Hall–Kier alpha value is -2.38. The van der Waals surface area contributed by atoms with E-state index in [-0.39, 0.29) is 12.3 Å². The van der Waals surface area contributed by atoms with Crippen LogP contribution in [0.3, 0.4) is 0 Å². The lowest BCUT2D eigenvalue weighted by Crippen LogP contribution is -2.35. The summed E-state index contributed by atoms with van der Waals surface area (Å²) in [5.74, 6) is 0.930. The summed E-state index contributed by atoms with van der Waals surface area (Å²) in [4.78, 5) is 11.9. The highest BCUT2D eigenvalue weighted by Crippen LogP contribution is 2.22. The van der Waals surface area contributed by atoms with E-state index in [2.05, 4.69) is 5.32 Å². The zero-order valence-electron chi connectivity index (χ0n) is 13.6. The maximum absolute atomic E-state index is 11.9. The van der Waals surface area contributed by atoms with Gasteiger partial charge in [-0.1, -0.05) is 18.2 Å². The van der Waals surface area contributed by atoms with Crippen molar-refractivity contribution < 1.29 is 17.9 Å². The fourth-order valence-electron chi connectivity index (χ4n) is 1.95. The highest BCUT2D eigenvalue weighted by molar-refractivity contribution is 7.89. The molecular weight excluding hydrogens is 328 g/mol. The number of nitrogens with one attached hydrogen (secondary N) is 1. The van der Waals surface area contributed by atoms with Gasteiger partial charge in [-0.2, -0.15) is 4.31 Å². The summed E-state index contributed by atoms with van der Waals surface area (Å²) in [7, 11) is -1.99. The Morgan fingerprint density at radius 1 is 1.04 bits per heavy atom. The third-order valence-corrected chi connectivity index (χ3v) is 5.13. The number of sulfonamides is 1. The molecule has 128 valence electrons. The van der Waals surface area contributed by atoms with Gasteiger partial charge in [-0.15, -0.1) is 0 Å². The molecule has 0 heterocycles. The number of likely N-dealkylation sites (N-methyl/N-ethyl adjacent to an activating group) is 1. The van der Waals surface area contributed by atoms with E-state index in [1.807, 2.05) is 30.3 Å².